The van der Waals surface area contributed by atoms with Crippen LogP contribution in [0.3, 0.4) is 0 Å². The van der Waals surface area contributed by atoms with E-state index in [0.717, 1.165) is 16.3 Å². The van der Waals surface area contributed by atoms with Gasteiger partial charge in [0, 0.05) is 23.1 Å². The van der Waals surface area contributed by atoms with Crippen LogP contribution >= 0.6 is 11.3 Å². The number of aryl methyl sites for hydroxylation is 1. The molecule has 1 atom stereocenters. The Bertz CT molecular complexity index is 610. The zero-order valence-electron chi connectivity index (χ0n) is 12.3. The number of nitrogens with zero attached hydrogens (tertiary/aromatic N) is 1. The molecule has 0 aliphatic heterocycles. The first-order valence-corrected chi connectivity index (χ1v) is 7.97. The number of rotatable bonds is 6. The average Bonchev–Trinajstić information content (AvgIpc) is 2.93. The van der Waals surface area contributed by atoms with Crippen LogP contribution in [0.4, 0.5) is 0 Å². The zero-order valence-corrected chi connectivity index (χ0v) is 13.1. The highest BCUT2D eigenvalue weighted by Crippen LogP contribution is 2.22. The molecule has 2 N–H and O–H groups in total. The normalized spacial score (nSPS) is 12.1. The standard InChI is InChI=1S/C16H20N2O2S/c1-3-14(19)7-8-17-16(20)13-6-4-5-12(9-13)15-10-21-11(2)18-15/h4-6,9-10,14,19H,3,7-8H2,1-2H3,(H,17,20). The van der Waals surface area contributed by atoms with Crippen LogP contribution in [-0.4, -0.2) is 28.6 Å². The Morgan fingerprint density at radius 3 is 2.95 bits per heavy atom. The van der Waals surface area contributed by atoms with E-state index in [0.29, 0.717) is 24.9 Å². The predicted molar refractivity (Wildman–Crippen MR) is 85.5 cm³/mol. The van der Waals surface area contributed by atoms with E-state index < -0.39 is 0 Å². The molecule has 4 nitrogen and oxygen atoms in total. The number of amides is 1. The Morgan fingerprint density at radius 1 is 1.48 bits per heavy atom. The molecule has 2 rings (SSSR count). The van der Waals surface area contributed by atoms with Crippen LogP contribution in [0.5, 0.6) is 0 Å². The quantitative estimate of drug-likeness (QED) is 0.862. The third-order valence-electron chi connectivity index (χ3n) is 3.27. The van der Waals surface area contributed by atoms with Crippen LogP contribution < -0.4 is 5.32 Å². The highest BCUT2D eigenvalue weighted by molar-refractivity contribution is 7.09. The molecule has 1 aromatic carbocycles. The average molecular weight is 304 g/mol. The summed E-state index contributed by atoms with van der Waals surface area (Å²) in [6, 6.07) is 7.44. The lowest BCUT2D eigenvalue weighted by atomic mass is 10.1. The van der Waals surface area contributed by atoms with Crippen LogP contribution in [0.2, 0.25) is 0 Å². The smallest absolute Gasteiger partial charge is 0.251 e. The Kier molecular flexibility index (Phi) is 5.47. The van der Waals surface area contributed by atoms with Crippen molar-refractivity contribution in [2.75, 3.05) is 6.54 Å². The van der Waals surface area contributed by atoms with Crippen molar-refractivity contribution in [1.29, 1.82) is 0 Å². The number of hydrogen-bond acceptors (Lipinski definition) is 4. The summed E-state index contributed by atoms with van der Waals surface area (Å²) in [5, 5.41) is 15.3. The molecule has 21 heavy (non-hydrogen) atoms. The summed E-state index contributed by atoms with van der Waals surface area (Å²) in [6.45, 7) is 4.36. The summed E-state index contributed by atoms with van der Waals surface area (Å²) < 4.78 is 0. The third kappa shape index (κ3) is 4.37. The summed E-state index contributed by atoms with van der Waals surface area (Å²) in [7, 11) is 0. The van der Waals surface area contributed by atoms with Gasteiger partial charge in [0.05, 0.1) is 16.8 Å². The van der Waals surface area contributed by atoms with Gasteiger partial charge in [-0.2, -0.15) is 0 Å². The van der Waals surface area contributed by atoms with Crippen molar-refractivity contribution in [2.24, 2.45) is 0 Å². The minimum absolute atomic E-state index is 0.118. The Labute approximate surface area is 128 Å². The number of carbonyl (C=O) groups excluding carboxylic acids is 1. The van der Waals surface area contributed by atoms with Crippen LogP contribution in [0.25, 0.3) is 11.3 Å². The molecule has 1 heterocycles. The Morgan fingerprint density at radius 2 is 2.29 bits per heavy atom. The second-order valence-electron chi connectivity index (χ2n) is 4.94. The minimum Gasteiger partial charge on any atom is -0.393 e. The van der Waals surface area contributed by atoms with Gasteiger partial charge in [-0.3, -0.25) is 4.79 Å². The van der Waals surface area contributed by atoms with E-state index >= 15 is 0 Å². The van der Waals surface area contributed by atoms with Gasteiger partial charge in [-0.05, 0) is 31.9 Å². The molecule has 1 unspecified atom stereocenters. The maximum atomic E-state index is 12.1. The largest absolute Gasteiger partial charge is 0.393 e. The van der Waals surface area contributed by atoms with Crippen molar-refractivity contribution in [3.63, 3.8) is 0 Å². The summed E-state index contributed by atoms with van der Waals surface area (Å²) in [4.78, 5) is 16.5. The Hall–Kier alpha value is -1.72. The molecule has 0 aliphatic carbocycles. The van der Waals surface area contributed by atoms with Gasteiger partial charge in [-0.1, -0.05) is 19.1 Å². The van der Waals surface area contributed by atoms with Crippen molar-refractivity contribution >= 4 is 17.2 Å². The van der Waals surface area contributed by atoms with Crippen LogP contribution in [-0.2, 0) is 0 Å². The van der Waals surface area contributed by atoms with Crippen molar-refractivity contribution in [1.82, 2.24) is 10.3 Å². The molecule has 1 amide bonds. The fourth-order valence-corrected chi connectivity index (χ4v) is 2.60. The van der Waals surface area contributed by atoms with E-state index in [1.165, 1.54) is 0 Å². The fraction of sp³-hybridized carbons (Fsp3) is 0.375. The van der Waals surface area contributed by atoms with E-state index in [1.807, 2.05) is 37.4 Å². The molecule has 0 bridgehead atoms. The summed E-state index contributed by atoms with van der Waals surface area (Å²) in [5.41, 5.74) is 2.46. The summed E-state index contributed by atoms with van der Waals surface area (Å²) in [5.74, 6) is -0.118. The van der Waals surface area contributed by atoms with Crippen molar-refractivity contribution in [2.45, 2.75) is 32.8 Å². The molecule has 112 valence electrons. The first-order valence-electron chi connectivity index (χ1n) is 7.09. The highest BCUT2D eigenvalue weighted by atomic mass is 32.1. The number of hydrogen-bond donors (Lipinski definition) is 2. The molecule has 0 aliphatic rings. The molecule has 0 fully saturated rings. The van der Waals surface area contributed by atoms with Crippen LogP contribution in [0.1, 0.15) is 35.1 Å². The van der Waals surface area contributed by atoms with Gasteiger partial charge >= 0.3 is 0 Å². The first kappa shape index (κ1) is 15.7. The van der Waals surface area contributed by atoms with E-state index in [1.54, 1.807) is 17.4 Å². The van der Waals surface area contributed by atoms with E-state index in [2.05, 4.69) is 10.3 Å². The molecule has 0 saturated carbocycles. The zero-order chi connectivity index (χ0) is 15.2. The maximum absolute atomic E-state index is 12.1. The number of aromatic nitrogens is 1. The molecule has 0 radical (unpaired) electrons. The number of benzene rings is 1. The second kappa shape index (κ2) is 7.33. The fourth-order valence-electron chi connectivity index (χ4n) is 1.97. The van der Waals surface area contributed by atoms with E-state index in [4.69, 9.17) is 0 Å². The third-order valence-corrected chi connectivity index (χ3v) is 4.05. The molecule has 2 aromatic rings. The summed E-state index contributed by atoms with van der Waals surface area (Å²) in [6.07, 6.45) is 0.927. The lowest BCUT2D eigenvalue weighted by molar-refractivity contribution is 0.0942. The lowest BCUT2D eigenvalue weighted by Crippen LogP contribution is -2.27. The van der Waals surface area contributed by atoms with Gasteiger partial charge in [-0.15, -0.1) is 11.3 Å². The van der Waals surface area contributed by atoms with Gasteiger partial charge < -0.3 is 10.4 Å². The molecule has 0 spiro atoms. The number of carbonyl (C=O) groups is 1. The van der Waals surface area contributed by atoms with Gasteiger partial charge in [0.25, 0.3) is 5.91 Å². The maximum Gasteiger partial charge on any atom is 0.251 e. The van der Waals surface area contributed by atoms with Gasteiger partial charge in [0.2, 0.25) is 0 Å². The highest BCUT2D eigenvalue weighted by Gasteiger charge is 2.09. The van der Waals surface area contributed by atoms with E-state index in [9.17, 15) is 9.90 Å². The van der Waals surface area contributed by atoms with Crippen LogP contribution in [0, 0.1) is 6.92 Å². The number of thiazole rings is 1. The van der Waals surface area contributed by atoms with Gasteiger partial charge in [0.15, 0.2) is 0 Å². The number of nitrogens with one attached hydrogen (secondary N) is 1. The SMILES string of the molecule is CCC(O)CCNC(=O)c1cccc(-c2csc(C)n2)c1. The van der Waals surface area contributed by atoms with Crippen molar-refractivity contribution in [3.8, 4) is 11.3 Å². The second-order valence-corrected chi connectivity index (χ2v) is 6.00. The van der Waals surface area contributed by atoms with Gasteiger partial charge in [0.1, 0.15) is 0 Å². The Balaban J connectivity index is 2.02. The monoisotopic (exact) mass is 304 g/mol. The van der Waals surface area contributed by atoms with Crippen LogP contribution in [0.15, 0.2) is 29.6 Å². The molecular formula is C16H20N2O2S. The first-order chi connectivity index (χ1) is 10.1. The number of aliphatic hydroxyl groups is 1. The number of aliphatic hydroxyl groups excluding tert-OH is 1. The van der Waals surface area contributed by atoms with Crippen molar-refractivity contribution in [3.05, 3.63) is 40.2 Å². The van der Waals surface area contributed by atoms with Gasteiger partial charge in [-0.25, -0.2) is 4.98 Å². The molecule has 0 saturated heterocycles. The summed E-state index contributed by atoms with van der Waals surface area (Å²) >= 11 is 1.59. The minimum atomic E-state index is -0.352. The van der Waals surface area contributed by atoms with E-state index in [-0.39, 0.29) is 12.0 Å². The molecule has 5 heteroatoms. The topological polar surface area (TPSA) is 62.2 Å². The molecule has 1 aromatic heterocycles. The predicted octanol–water partition coefficient (Wildman–Crippen LogP) is 3.01. The lowest BCUT2D eigenvalue weighted by Gasteiger charge is -2.09. The molecular weight excluding hydrogens is 284 g/mol. The van der Waals surface area contributed by atoms with Crippen molar-refractivity contribution < 1.29 is 9.90 Å².